The smallest absolute Gasteiger partial charge is 0.335 e. The Bertz CT molecular complexity index is 1950. The maximum atomic E-state index is 13.2. The molecular weight excluding hydrogens is 598 g/mol. The van der Waals surface area contributed by atoms with Crippen molar-refractivity contribution < 1.29 is 28.2 Å². The summed E-state index contributed by atoms with van der Waals surface area (Å²) in [5.74, 6) is -2.25. The van der Waals surface area contributed by atoms with Crippen LogP contribution in [0.1, 0.15) is 49.4 Å². The summed E-state index contributed by atoms with van der Waals surface area (Å²) < 4.78 is 26.5. The summed E-state index contributed by atoms with van der Waals surface area (Å²) in [6, 6.07) is 26.6. The van der Waals surface area contributed by atoms with Crippen molar-refractivity contribution in [3.63, 3.8) is 0 Å². The van der Waals surface area contributed by atoms with Crippen LogP contribution in [0.15, 0.2) is 139 Å². The molecule has 1 heterocycles. The number of rotatable bonds is 4. The van der Waals surface area contributed by atoms with E-state index in [1.54, 1.807) is 24.3 Å². The quantitative estimate of drug-likeness (QED) is 0.214. The second-order valence-corrected chi connectivity index (χ2v) is 12.6. The zero-order chi connectivity index (χ0) is 32.5. The van der Waals surface area contributed by atoms with Gasteiger partial charge in [-0.25, -0.2) is 18.0 Å². The monoisotopic (exact) mass is 631 g/mol. The Balaban J connectivity index is 0.000000180. The number of aromatic carboxylic acids is 2. The SMILES string of the molecule is C1=CC=CNC=C1.O=C(O)c1cccc(C(=O)O)c1.O=S(=O)(C1=CCCc2c1ccc1c2CCc2ccccc2-1)c1ccccc1. The Morgan fingerprint density at radius 2 is 1.22 bits per heavy atom. The molecule has 0 atom stereocenters. The molecule has 0 bridgehead atoms. The zero-order valence-corrected chi connectivity index (χ0v) is 25.8. The highest BCUT2D eigenvalue weighted by Crippen LogP contribution is 2.42. The minimum atomic E-state index is -3.50. The van der Waals surface area contributed by atoms with Crippen LogP contribution in [0.25, 0.3) is 16.0 Å². The van der Waals surface area contributed by atoms with Crippen molar-refractivity contribution in [2.45, 2.75) is 30.6 Å². The number of hydrogen-bond acceptors (Lipinski definition) is 5. The summed E-state index contributed by atoms with van der Waals surface area (Å²) in [6.07, 6.45) is 17.2. The van der Waals surface area contributed by atoms with E-state index in [0.717, 1.165) is 37.3 Å². The van der Waals surface area contributed by atoms with Gasteiger partial charge in [0.2, 0.25) is 9.84 Å². The largest absolute Gasteiger partial charge is 0.478 e. The molecule has 2 aliphatic carbocycles. The topological polar surface area (TPSA) is 121 Å². The van der Waals surface area contributed by atoms with Gasteiger partial charge < -0.3 is 15.5 Å². The number of benzene rings is 4. The zero-order valence-electron chi connectivity index (χ0n) is 25.0. The number of allylic oxidation sites excluding steroid dienone is 5. The van der Waals surface area contributed by atoms with Crippen LogP contribution in [0.3, 0.4) is 0 Å². The van der Waals surface area contributed by atoms with E-state index < -0.39 is 21.8 Å². The molecule has 1 aliphatic heterocycles. The number of sulfone groups is 1. The van der Waals surface area contributed by atoms with Gasteiger partial charge in [-0.3, -0.25) is 0 Å². The van der Waals surface area contributed by atoms with Gasteiger partial charge in [-0.1, -0.05) is 78.9 Å². The number of carboxylic acids is 2. The first-order valence-electron chi connectivity index (χ1n) is 14.8. The highest BCUT2D eigenvalue weighted by Gasteiger charge is 2.29. The fraction of sp³-hybridized carbons (Fsp3) is 0.105. The first kappa shape index (κ1) is 31.9. The van der Waals surface area contributed by atoms with E-state index in [2.05, 4.69) is 35.6 Å². The molecule has 0 aromatic heterocycles. The first-order valence-corrected chi connectivity index (χ1v) is 16.3. The van der Waals surface area contributed by atoms with Crippen molar-refractivity contribution in [2.24, 2.45) is 0 Å². The van der Waals surface area contributed by atoms with Gasteiger partial charge in [-0.15, -0.1) is 0 Å². The number of hydrogen-bond donors (Lipinski definition) is 3. The molecule has 3 aliphatic rings. The van der Waals surface area contributed by atoms with Crippen molar-refractivity contribution in [3.05, 3.63) is 167 Å². The van der Waals surface area contributed by atoms with Crippen LogP contribution in [-0.2, 0) is 29.1 Å². The average molecular weight is 632 g/mol. The molecule has 0 saturated heterocycles. The van der Waals surface area contributed by atoms with E-state index >= 15 is 0 Å². The molecule has 0 fully saturated rings. The lowest BCUT2D eigenvalue weighted by Gasteiger charge is -2.27. The van der Waals surface area contributed by atoms with E-state index in [9.17, 15) is 18.0 Å². The average Bonchev–Trinajstić information content (AvgIpc) is 3.42. The summed E-state index contributed by atoms with van der Waals surface area (Å²) in [5, 5.41) is 19.9. The first-order chi connectivity index (χ1) is 22.3. The van der Waals surface area contributed by atoms with Crippen molar-refractivity contribution in [2.75, 3.05) is 0 Å². The fourth-order valence-corrected chi connectivity index (χ4v) is 7.23. The van der Waals surface area contributed by atoms with E-state index in [1.165, 1.54) is 46.0 Å². The second-order valence-electron chi connectivity index (χ2n) is 10.7. The molecule has 232 valence electrons. The molecule has 46 heavy (non-hydrogen) atoms. The Morgan fingerprint density at radius 1 is 0.609 bits per heavy atom. The van der Waals surface area contributed by atoms with Crippen LogP contribution in [0.4, 0.5) is 0 Å². The van der Waals surface area contributed by atoms with Gasteiger partial charge in [0.1, 0.15) is 0 Å². The highest BCUT2D eigenvalue weighted by atomic mass is 32.2. The molecule has 8 heteroatoms. The van der Waals surface area contributed by atoms with Gasteiger partial charge in [0, 0.05) is 12.4 Å². The van der Waals surface area contributed by atoms with Crippen LogP contribution < -0.4 is 5.32 Å². The molecule has 0 spiro atoms. The van der Waals surface area contributed by atoms with Gasteiger partial charge in [0.25, 0.3) is 0 Å². The van der Waals surface area contributed by atoms with Crippen LogP contribution in [0, 0.1) is 0 Å². The van der Waals surface area contributed by atoms with Crippen LogP contribution in [0.5, 0.6) is 0 Å². The number of carboxylic acid groups (broad SMARTS) is 2. The Hall–Kier alpha value is -5.47. The Kier molecular flexibility index (Phi) is 10.1. The molecule has 0 unspecified atom stereocenters. The van der Waals surface area contributed by atoms with Crippen molar-refractivity contribution in [1.82, 2.24) is 5.32 Å². The normalized spacial score (nSPS) is 13.9. The van der Waals surface area contributed by atoms with Crippen molar-refractivity contribution in [3.8, 4) is 11.1 Å². The third kappa shape index (κ3) is 7.25. The van der Waals surface area contributed by atoms with E-state index in [4.69, 9.17) is 10.2 Å². The predicted octanol–water partition coefficient (Wildman–Crippen LogP) is 7.47. The Morgan fingerprint density at radius 3 is 1.89 bits per heavy atom. The van der Waals surface area contributed by atoms with Gasteiger partial charge in [-0.05, 0) is 102 Å². The standard InChI is InChI=1S/C24H20O2S.C8H6O4.C6H7N/c25-27(26,18-8-2-1-3-9-18)24-12-6-11-20-22-14-13-17-7-4-5-10-19(17)21(22)15-16-23(20)24;9-7(10)5-2-1-3-6(4-5)8(11)12;1-2-4-6-7-5-3-1/h1-5,7-10,12,15-16H,6,11,13-14H2;1-4H,(H,9,10)(H,11,12);1-7H. The van der Waals surface area contributed by atoms with Crippen molar-refractivity contribution >= 4 is 26.7 Å². The molecule has 4 aromatic carbocycles. The molecule has 7 rings (SSSR count). The summed E-state index contributed by atoms with van der Waals surface area (Å²) in [7, 11) is -3.50. The molecule has 7 nitrogen and oxygen atoms in total. The third-order valence-electron chi connectivity index (χ3n) is 7.79. The Labute approximate surface area is 268 Å². The van der Waals surface area contributed by atoms with E-state index in [-0.39, 0.29) is 11.1 Å². The van der Waals surface area contributed by atoms with Gasteiger partial charge >= 0.3 is 11.9 Å². The number of carbonyl (C=O) groups is 2. The minimum Gasteiger partial charge on any atom is -0.478 e. The van der Waals surface area contributed by atoms with Gasteiger partial charge in [0.05, 0.1) is 20.9 Å². The lowest BCUT2D eigenvalue weighted by Crippen LogP contribution is -2.14. The van der Waals surface area contributed by atoms with E-state index in [0.29, 0.717) is 9.80 Å². The third-order valence-corrected chi connectivity index (χ3v) is 9.65. The van der Waals surface area contributed by atoms with E-state index in [1.807, 2.05) is 54.9 Å². The van der Waals surface area contributed by atoms with Gasteiger partial charge in [-0.2, -0.15) is 0 Å². The van der Waals surface area contributed by atoms with Crippen molar-refractivity contribution in [1.29, 1.82) is 0 Å². The van der Waals surface area contributed by atoms with Crippen LogP contribution in [0.2, 0.25) is 0 Å². The number of fused-ring (bicyclic) bond motifs is 5. The fourth-order valence-electron chi connectivity index (χ4n) is 5.64. The molecule has 0 amide bonds. The highest BCUT2D eigenvalue weighted by molar-refractivity contribution is 8.00. The summed E-state index contributed by atoms with van der Waals surface area (Å²) in [5.41, 5.74) is 7.36. The lowest BCUT2D eigenvalue weighted by atomic mass is 9.79. The minimum absolute atomic E-state index is 0.0186. The molecule has 3 N–H and O–H groups in total. The molecule has 4 aromatic rings. The van der Waals surface area contributed by atoms with Crippen LogP contribution >= 0.6 is 0 Å². The lowest BCUT2D eigenvalue weighted by molar-refractivity contribution is 0.0696. The molecule has 0 radical (unpaired) electrons. The summed E-state index contributed by atoms with van der Waals surface area (Å²) in [4.78, 5) is 21.6. The summed E-state index contributed by atoms with van der Waals surface area (Å²) in [6.45, 7) is 0. The predicted molar refractivity (Wildman–Crippen MR) is 180 cm³/mol. The number of aryl methyl sites for hydroxylation is 1. The van der Waals surface area contributed by atoms with Crippen LogP contribution in [-0.4, -0.2) is 30.6 Å². The van der Waals surface area contributed by atoms with Gasteiger partial charge in [0.15, 0.2) is 0 Å². The second kappa shape index (κ2) is 14.5. The molecule has 0 saturated carbocycles. The maximum absolute atomic E-state index is 13.2. The molecular formula is C38H33NO6S. The summed E-state index contributed by atoms with van der Waals surface area (Å²) >= 11 is 0. The maximum Gasteiger partial charge on any atom is 0.335 e. The number of nitrogens with one attached hydrogen (secondary N) is 1.